The highest BCUT2D eigenvalue weighted by molar-refractivity contribution is 7.92. The quantitative estimate of drug-likeness (QED) is 0.516. The molecule has 168 valence electrons. The van der Waals surface area contributed by atoms with Crippen molar-refractivity contribution in [1.82, 2.24) is 5.32 Å². The maximum absolute atomic E-state index is 13.0. The SMILES string of the molecule is C[C@H](C(=O)Nc1ccccc1C(=O)NCc1ccco1)N(c1ccc(Cl)cc1)S(C)(=O)=O. The first-order valence-electron chi connectivity index (χ1n) is 9.62. The predicted octanol–water partition coefficient (Wildman–Crippen LogP) is 3.66. The van der Waals surface area contributed by atoms with Crippen LogP contribution in [-0.4, -0.2) is 32.5 Å². The topological polar surface area (TPSA) is 109 Å². The molecule has 0 bridgehead atoms. The van der Waals surface area contributed by atoms with Crippen molar-refractivity contribution in [2.24, 2.45) is 0 Å². The van der Waals surface area contributed by atoms with E-state index in [0.717, 1.165) is 10.6 Å². The molecule has 0 unspecified atom stereocenters. The predicted molar refractivity (Wildman–Crippen MR) is 123 cm³/mol. The monoisotopic (exact) mass is 475 g/mol. The summed E-state index contributed by atoms with van der Waals surface area (Å²) in [5, 5.41) is 5.82. The van der Waals surface area contributed by atoms with E-state index in [1.165, 1.54) is 25.3 Å². The van der Waals surface area contributed by atoms with Gasteiger partial charge in [0.1, 0.15) is 11.8 Å². The second-order valence-corrected chi connectivity index (χ2v) is 9.30. The second kappa shape index (κ2) is 9.88. The van der Waals surface area contributed by atoms with Crippen LogP contribution in [0, 0.1) is 0 Å². The van der Waals surface area contributed by atoms with Crippen LogP contribution < -0.4 is 14.9 Å². The van der Waals surface area contributed by atoms with E-state index >= 15 is 0 Å². The molecule has 3 rings (SSSR count). The zero-order valence-corrected chi connectivity index (χ0v) is 19.0. The number of furan rings is 1. The summed E-state index contributed by atoms with van der Waals surface area (Å²) in [6.07, 6.45) is 2.52. The second-order valence-electron chi connectivity index (χ2n) is 7.01. The first-order valence-corrected chi connectivity index (χ1v) is 11.8. The molecule has 0 aliphatic rings. The molecule has 0 aliphatic heterocycles. The van der Waals surface area contributed by atoms with Crippen molar-refractivity contribution in [1.29, 1.82) is 0 Å². The molecule has 10 heteroatoms. The van der Waals surface area contributed by atoms with Gasteiger partial charge in [-0.2, -0.15) is 0 Å². The molecule has 0 fully saturated rings. The lowest BCUT2D eigenvalue weighted by atomic mass is 10.1. The minimum absolute atomic E-state index is 0.183. The number of anilines is 2. The third-order valence-electron chi connectivity index (χ3n) is 4.60. The summed E-state index contributed by atoms with van der Waals surface area (Å²) in [5.74, 6) is -0.431. The van der Waals surface area contributed by atoms with Crippen LogP contribution >= 0.6 is 11.6 Å². The standard InChI is InChI=1S/C22H22ClN3O5S/c1-15(26(32(2,29)30)17-11-9-16(23)10-12-17)21(27)25-20-8-4-3-7-19(20)22(28)24-14-18-6-5-13-31-18/h3-13,15H,14H2,1-2H3,(H,24,28)(H,25,27)/t15-/m1/s1. The summed E-state index contributed by atoms with van der Waals surface area (Å²) in [7, 11) is -3.79. The highest BCUT2D eigenvalue weighted by Crippen LogP contribution is 2.24. The van der Waals surface area contributed by atoms with Crippen molar-refractivity contribution in [3.63, 3.8) is 0 Å². The van der Waals surface area contributed by atoms with Crippen LogP contribution in [0.25, 0.3) is 0 Å². The maximum Gasteiger partial charge on any atom is 0.253 e. The Kier molecular flexibility index (Phi) is 7.22. The van der Waals surface area contributed by atoms with Crippen molar-refractivity contribution >= 4 is 44.8 Å². The Balaban J connectivity index is 1.79. The summed E-state index contributed by atoms with van der Waals surface area (Å²) >= 11 is 5.89. The summed E-state index contributed by atoms with van der Waals surface area (Å²) in [4.78, 5) is 25.6. The first-order chi connectivity index (χ1) is 15.2. The van der Waals surface area contributed by atoms with Gasteiger partial charge in [-0.1, -0.05) is 23.7 Å². The molecule has 2 aromatic carbocycles. The number of amides is 2. The van der Waals surface area contributed by atoms with Crippen LogP contribution in [0.4, 0.5) is 11.4 Å². The third-order valence-corrected chi connectivity index (χ3v) is 6.10. The van der Waals surface area contributed by atoms with Crippen molar-refractivity contribution in [3.8, 4) is 0 Å². The van der Waals surface area contributed by atoms with Gasteiger partial charge >= 0.3 is 0 Å². The molecule has 8 nitrogen and oxygen atoms in total. The number of benzene rings is 2. The minimum atomic E-state index is -3.79. The molecule has 1 heterocycles. The highest BCUT2D eigenvalue weighted by Gasteiger charge is 2.29. The molecular formula is C22H22ClN3O5S. The lowest BCUT2D eigenvalue weighted by Gasteiger charge is -2.28. The van der Waals surface area contributed by atoms with Crippen molar-refractivity contribution in [3.05, 3.63) is 83.3 Å². The fraction of sp³-hybridized carbons (Fsp3) is 0.182. The van der Waals surface area contributed by atoms with E-state index in [1.807, 2.05) is 0 Å². The average molecular weight is 476 g/mol. The number of nitrogens with one attached hydrogen (secondary N) is 2. The van der Waals surface area contributed by atoms with Crippen LogP contribution in [0.3, 0.4) is 0 Å². The Morgan fingerprint density at radius 3 is 2.38 bits per heavy atom. The number of carbonyl (C=O) groups excluding carboxylic acids is 2. The Hall–Kier alpha value is -3.30. The highest BCUT2D eigenvalue weighted by atomic mass is 35.5. The van der Waals surface area contributed by atoms with E-state index in [4.69, 9.17) is 16.0 Å². The molecule has 0 aliphatic carbocycles. The minimum Gasteiger partial charge on any atom is -0.467 e. The number of hydrogen-bond donors (Lipinski definition) is 2. The fourth-order valence-corrected chi connectivity index (χ4v) is 4.40. The molecule has 2 amide bonds. The van der Waals surface area contributed by atoms with E-state index < -0.39 is 27.9 Å². The normalized spacial score (nSPS) is 12.1. The molecular weight excluding hydrogens is 454 g/mol. The molecule has 32 heavy (non-hydrogen) atoms. The number of hydrogen-bond acceptors (Lipinski definition) is 5. The largest absolute Gasteiger partial charge is 0.467 e. The van der Waals surface area contributed by atoms with Crippen LogP contribution in [0.2, 0.25) is 5.02 Å². The van der Waals surface area contributed by atoms with Crippen LogP contribution in [0.5, 0.6) is 0 Å². The van der Waals surface area contributed by atoms with Gasteiger partial charge in [0.25, 0.3) is 5.91 Å². The number of halogens is 1. The fourth-order valence-electron chi connectivity index (χ4n) is 3.10. The smallest absolute Gasteiger partial charge is 0.253 e. The zero-order chi connectivity index (χ0) is 23.3. The van der Waals surface area contributed by atoms with Gasteiger partial charge in [0.05, 0.1) is 36.0 Å². The van der Waals surface area contributed by atoms with Crippen LogP contribution in [0.15, 0.2) is 71.3 Å². The van der Waals surface area contributed by atoms with E-state index in [0.29, 0.717) is 16.5 Å². The van der Waals surface area contributed by atoms with Gasteiger partial charge in [0.15, 0.2) is 0 Å². The molecule has 0 radical (unpaired) electrons. The summed E-state index contributed by atoms with van der Waals surface area (Å²) < 4.78 is 31.1. The first kappa shape index (κ1) is 23.4. The van der Waals surface area contributed by atoms with Gasteiger partial charge in [0.2, 0.25) is 15.9 Å². The molecule has 0 saturated heterocycles. The molecule has 2 N–H and O–H groups in total. The number of para-hydroxylation sites is 1. The molecule has 3 aromatic rings. The van der Waals surface area contributed by atoms with Gasteiger partial charge in [-0.15, -0.1) is 0 Å². The Bertz CT molecular complexity index is 1190. The average Bonchev–Trinajstić information content (AvgIpc) is 3.26. The number of sulfonamides is 1. The van der Waals surface area contributed by atoms with Gasteiger partial charge < -0.3 is 15.1 Å². The van der Waals surface area contributed by atoms with Crippen molar-refractivity contribution in [2.75, 3.05) is 15.9 Å². The van der Waals surface area contributed by atoms with Gasteiger partial charge in [-0.25, -0.2) is 8.42 Å². The van der Waals surface area contributed by atoms with E-state index in [1.54, 1.807) is 48.5 Å². The Morgan fingerprint density at radius 1 is 1.06 bits per heavy atom. The third kappa shape index (κ3) is 5.68. The molecule has 1 aromatic heterocycles. The Morgan fingerprint density at radius 2 is 1.75 bits per heavy atom. The van der Waals surface area contributed by atoms with Crippen molar-refractivity contribution in [2.45, 2.75) is 19.5 Å². The number of nitrogens with zero attached hydrogens (tertiary/aromatic N) is 1. The molecule has 0 saturated carbocycles. The van der Waals surface area contributed by atoms with Crippen LogP contribution in [0.1, 0.15) is 23.0 Å². The van der Waals surface area contributed by atoms with Crippen LogP contribution in [-0.2, 0) is 21.4 Å². The summed E-state index contributed by atoms with van der Waals surface area (Å²) in [5.41, 5.74) is 0.784. The lowest BCUT2D eigenvalue weighted by Crippen LogP contribution is -2.45. The summed E-state index contributed by atoms with van der Waals surface area (Å²) in [6.45, 7) is 1.65. The van der Waals surface area contributed by atoms with E-state index in [2.05, 4.69) is 10.6 Å². The van der Waals surface area contributed by atoms with Gasteiger partial charge in [0, 0.05) is 5.02 Å². The molecule has 1 atom stereocenters. The number of carbonyl (C=O) groups is 2. The molecule has 0 spiro atoms. The van der Waals surface area contributed by atoms with E-state index in [-0.39, 0.29) is 17.8 Å². The lowest BCUT2D eigenvalue weighted by molar-refractivity contribution is -0.116. The Labute approximate surface area is 191 Å². The van der Waals surface area contributed by atoms with E-state index in [9.17, 15) is 18.0 Å². The zero-order valence-electron chi connectivity index (χ0n) is 17.4. The van der Waals surface area contributed by atoms with Gasteiger partial charge in [-0.05, 0) is 55.5 Å². The number of rotatable bonds is 8. The van der Waals surface area contributed by atoms with Crippen molar-refractivity contribution < 1.29 is 22.4 Å². The van der Waals surface area contributed by atoms with Gasteiger partial charge in [-0.3, -0.25) is 13.9 Å². The summed E-state index contributed by atoms with van der Waals surface area (Å²) in [6, 6.07) is 14.9. The maximum atomic E-state index is 13.0.